The lowest BCUT2D eigenvalue weighted by atomic mass is 10.3. The smallest absolute Gasteiger partial charge is 0.407 e. The van der Waals surface area contributed by atoms with Gasteiger partial charge < -0.3 is 19.9 Å². The Bertz CT molecular complexity index is 302. The van der Waals surface area contributed by atoms with Gasteiger partial charge in [0.05, 0.1) is 6.61 Å². The van der Waals surface area contributed by atoms with E-state index in [4.69, 9.17) is 14.6 Å². The van der Waals surface area contributed by atoms with Gasteiger partial charge in [0.25, 0.3) is 0 Å². The van der Waals surface area contributed by atoms with Crippen molar-refractivity contribution >= 4 is 6.09 Å². The Balaban J connectivity index is 2.06. The summed E-state index contributed by atoms with van der Waals surface area (Å²) in [4.78, 5) is 10.9. The quantitative estimate of drug-likeness (QED) is 0.694. The number of nitrogens with one attached hydrogen (secondary N) is 1. The molecule has 0 heterocycles. The summed E-state index contributed by atoms with van der Waals surface area (Å²) < 4.78 is 10.1. The van der Waals surface area contributed by atoms with Crippen LogP contribution in [0.15, 0.2) is 24.3 Å². The molecule has 0 aromatic heterocycles. The van der Waals surface area contributed by atoms with E-state index in [9.17, 15) is 4.79 Å². The monoisotopic (exact) mass is 224 g/mol. The highest BCUT2D eigenvalue weighted by Crippen LogP contribution is 2.07. The van der Waals surface area contributed by atoms with Gasteiger partial charge in [-0.25, -0.2) is 4.79 Å². The summed E-state index contributed by atoms with van der Waals surface area (Å²) in [5.74, 6) is 0.707. The van der Waals surface area contributed by atoms with Crippen molar-refractivity contribution in [3.8, 4) is 5.75 Å². The van der Waals surface area contributed by atoms with Crippen molar-refractivity contribution < 1.29 is 19.4 Å². The molecule has 2 N–H and O–H groups in total. The van der Waals surface area contributed by atoms with Gasteiger partial charge in [-0.1, -0.05) is 12.1 Å². The van der Waals surface area contributed by atoms with Crippen LogP contribution in [0.3, 0.4) is 0 Å². The first-order valence-electron chi connectivity index (χ1n) is 4.93. The number of carbonyl (C=O) groups is 1. The molecule has 1 rings (SSSR count). The first-order chi connectivity index (χ1) is 7.83. The molecule has 0 unspecified atom stereocenters. The molecule has 1 radical (unpaired) electrons. The van der Waals surface area contributed by atoms with Crippen LogP contribution in [-0.4, -0.2) is 37.6 Å². The molecule has 0 saturated carbocycles. The summed E-state index contributed by atoms with van der Waals surface area (Å²) in [5, 5.41) is 10.8. The fourth-order valence-electron chi connectivity index (χ4n) is 0.971. The van der Waals surface area contributed by atoms with Gasteiger partial charge in [-0.2, -0.15) is 0 Å². The normalized spacial score (nSPS) is 9.56. The number of rotatable bonds is 6. The summed E-state index contributed by atoms with van der Waals surface area (Å²) in [5.41, 5.74) is 0. The Morgan fingerprint density at radius 2 is 2.12 bits per heavy atom. The number of amides is 1. The highest BCUT2D eigenvalue weighted by Gasteiger charge is 1.99. The van der Waals surface area contributed by atoms with E-state index in [1.54, 1.807) is 24.3 Å². The van der Waals surface area contributed by atoms with Crippen LogP contribution in [0.4, 0.5) is 4.79 Å². The largest absolute Gasteiger partial charge is 0.490 e. The van der Waals surface area contributed by atoms with Crippen LogP contribution in [0.25, 0.3) is 0 Å². The third-order valence-electron chi connectivity index (χ3n) is 1.65. The molecular formula is C11H14NO4. The number of hydrogen-bond acceptors (Lipinski definition) is 4. The zero-order valence-corrected chi connectivity index (χ0v) is 8.81. The van der Waals surface area contributed by atoms with Crippen LogP contribution in [0.1, 0.15) is 0 Å². The Kier molecular flexibility index (Phi) is 5.80. The van der Waals surface area contributed by atoms with E-state index in [0.29, 0.717) is 5.75 Å². The van der Waals surface area contributed by atoms with E-state index in [0.717, 1.165) is 0 Å². The number of aliphatic hydroxyl groups excluding tert-OH is 1. The van der Waals surface area contributed by atoms with Crippen LogP contribution in [0, 0.1) is 6.07 Å². The molecular weight excluding hydrogens is 210 g/mol. The maximum Gasteiger partial charge on any atom is 0.407 e. The highest BCUT2D eigenvalue weighted by atomic mass is 16.6. The van der Waals surface area contributed by atoms with Gasteiger partial charge in [0.15, 0.2) is 0 Å². The molecule has 0 atom stereocenters. The number of alkyl carbamates (subject to hydrolysis) is 1. The second-order valence-electron chi connectivity index (χ2n) is 2.87. The first kappa shape index (κ1) is 12.3. The van der Waals surface area contributed by atoms with E-state index < -0.39 is 6.09 Å². The Hall–Kier alpha value is -1.75. The summed E-state index contributed by atoms with van der Waals surface area (Å²) in [6, 6.07) is 9.89. The third-order valence-corrected chi connectivity index (χ3v) is 1.65. The van der Waals surface area contributed by atoms with Crippen molar-refractivity contribution in [3.05, 3.63) is 30.3 Å². The Morgan fingerprint density at radius 1 is 1.38 bits per heavy atom. The zero-order chi connectivity index (χ0) is 11.6. The third kappa shape index (κ3) is 5.21. The lowest BCUT2D eigenvalue weighted by Crippen LogP contribution is -2.28. The van der Waals surface area contributed by atoms with Crippen molar-refractivity contribution in [2.75, 3.05) is 26.4 Å². The molecule has 16 heavy (non-hydrogen) atoms. The fourth-order valence-corrected chi connectivity index (χ4v) is 0.971. The van der Waals surface area contributed by atoms with Gasteiger partial charge in [0.1, 0.15) is 19.0 Å². The minimum atomic E-state index is -0.556. The Labute approximate surface area is 94.0 Å². The second kappa shape index (κ2) is 7.53. The minimum Gasteiger partial charge on any atom is -0.490 e. The second-order valence-corrected chi connectivity index (χ2v) is 2.87. The average Bonchev–Trinajstić information content (AvgIpc) is 2.33. The summed E-state index contributed by atoms with van der Waals surface area (Å²) in [7, 11) is 0. The van der Waals surface area contributed by atoms with E-state index in [2.05, 4.69) is 11.4 Å². The van der Waals surface area contributed by atoms with E-state index in [1.807, 2.05) is 0 Å². The van der Waals surface area contributed by atoms with E-state index in [-0.39, 0.29) is 26.4 Å². The van der Waals surface area contributed by atoms with E-state index >= 15 is 0 Å². The van der Waals surface area contributed by atoms with Crippen molar-refractivity contribution in [1.29, 1.82) is 0 Å². The maximum atomic E-state index is 10.9. The minimum absolute atomic E-state index is 0.105. The Morgan fingerprint density at radius 3 is 2.81 bits per heavy atom. The molecule has 0 aliphatic heterocycles. The van der Waals surface area contributed by atoms with Gasteiger partial charge in [-0.05, 0) is 18.2 Å². The molecule has 0 bridgehead atoms. The molecule has 0 saturated heterocycles. The fraction of sp³-hybridized carbons (Fsp3) is 0.364. The molecule has 0 spiro atoms. The highest BCUT2D eigenvalue weighted by molar-refractivity contribution is 5.66. The van der Waals surface area contributed by atoms with Gasteiger partial charge in [-0.15, -0.1) is 0 Å². The summed E-state index contributed by atoms with van der Waals surface area (Å²) in [6.45, 7) is 0.534. The average molecular weight is 224 g/mol. The van der Waals surface area contributed by atoms with Crippen molar-refractivity contribution in [3.63, 3.8) is 0 Å². The van der Waals surface area contributed by atoms with Gasteiger partial charge in [0.2, 0.25) is 0 Å². The predicted molar refractivity (Wildman–Crippen MR) is 57.2 cm³/mol. The lowest BCUT2D eigenvalue weighted by Gasteiger charge is -2.07. The topological polar surface area (TPSA) is 67.8 Å². The number of ether oxygens (including phenoxy) is 2. The van der Waals surface area contributed by atoms with Crippen LogP contribution in [0.5, 0.6) is 5.75 Å². The standard InChI is InChI=1S/C11H14NO4/c13-7-6-12-11(14)16-9-8-15-10-4-2-1-3-5-10/h2-5,13H,6-9H2,(H,12,14). The molecule has 0 fully saturated rings. The van der Waals surface area contributed by atoms with Crippen LogP contribution in [0.2, 0.25) is 0 Å². The molecule has 1 amide bonds. The SMILES string of the molecule is O=C(NCCO)OCCOc1cc[c]cc1. The lowest BCUT2D eigenvalue weighted by molar-refractivity contribution is 0.123. The van der Waals surface area contributed by atoms with Gasteiger partial charge in [-0.3, -0.25) is 0 Å². The molecule has 1 aromatic rings. The zero-order valence-electron chi connectivity index (χ0n) is 8.81. The summed E-state index contributed by atoms with van der Waals surface area (Å²) in [6.07, 6.45) is -0.556. The van der Waals surface area contributed by atoms with Crippen LogP contribution in [-0.2, 0) is 4.74 Å². The van der Waals surface area contributed by atoms with Gasteiger partial charge >= 0.3 is 6.09 Å². The number of benzene rings is 1. The first-order valence-corrected chi connectivity index (χ1v) is 4.93. The van der Waals surface area contributed by atoms with E-state index in [1.165, 1.54) is 0 Å². The number of carbonyl (C=O) groups excluding carboxylic acids is 1. The summed E-state index contributed by atoms with van der Waals surface area (Å²) >= 11 is 0. The van der Waals surface area contributed by atoms with Crippen LogP contribution >= 0.6 is 0 Å². The molecule has 0 aliphatic rings. The van der Waals surface area contributed by atoms with Crippen LogP contribution < -0.4 is 10.1 Å². The molecule has 5 nitrogen and oxygen atoms in total. The number of hydrogen-bond donors (Lipinski definition) is 2. The molecule has 87 valence electrons. The predicted octanol–water partition coefficient (Wildman–Crippen LogP) is 0.584. The molecule has 0 aliphatic carbocycles. The van der Waals surface area contributed by atoms with Crippen molar-refractivity contribution in [2.45, 2.75) is 0 Å². The number of aliphatic hydroxyl groups is 1. The molecule has 5 heteroatoms. The van der Waals surface area contributed by atoms with Crippen molar-refractivity contribution in [1.82, 2.24) is 5.32 Å². The maximum absolute atomic E-state index is 10.9. The molecule has 1 aromatic carbocycles. The van der Waals surface area contributed by atoms with Crippen molar-refractivity contribution in [2.24, 2.45) is 0 Å². The van der Waals surface area contributed by atoms with Gasteiger partial charge in [0, 0.05) is 6.54 Å².